The Morgan fingerprint density at radius 3 is 2.81 bits per heavy atom. The summed E-state index contributed by atoms with van der Waals surface area (Å²) in [5.74, 6) is -1.80. The van der Waals surface area contributed by atoms with Crippen LogP contribution in [0.5, 0.6) is 0 Å². The van der Waals surface area contributed by atoms with Gasteiger partial charge < -0.3 is 10.4 Å². The maximum atomic E-state index is 11.8. The van der Waals surface area contributed by atoms with Crippen LogP contribution in [0.1, 0.15) is 16.1 Å². The SMILES string of the molecule is Cc1nsc(NC(=O)Cn2ccc(=O)[nH]c2=O)c1C(=O)O. The van der Waals surface area contributed by atoms with E-state index in [-0.39, 0.29) is 17.1 Å². The second-order valence-corrected chi connectivity index (χ2v) is 4.84. The van der Waals surface area contributed by atoms with Crippen molar-refractivity contribution in [1.82, 2.24) is 13.9 Å². The highest BCUT2D eigenvalue weighted by Gasteiger charge is 2.19. The molecule has 0 aliphatic carbocycles. The van der Waals surface area contributed by atoms with Gasteiger partial charge in [-0.3, -0.25) is 19.1 Å². The third-order valence-corrected chi connectivity index (χ3v) is 3.39. The lowest BCUT2D eigenvalue weighted by atomic mass is 10.2. The van der Waals surface area contributed by atoms with Gasteiger partial charge in [-0.15, -0.1) is 0 Å². The number of carbonyl (C=O) groups is 2. The van der Waals surface area contributed by atoms with Gasteiger partial charge in [0.25, 0.3) is 5.56 Å². The summed E-state index contributed by atoms with van der Waals surface area (Å²) in [7, 11) is 0. The maximum absolute atomic E-state index is 11.8. The van der Waals surface area contributed by atoms with Gasteiger partial charge in [0.1, 0.15) is 17.1 Å². The average molecular weight is 310 g/mol. The predicted molar refractivity (Wildman–Crippen MR) is 73.8 cm³/mol. The number of aromatic amines is 1. The molecule has 1 amide bonds. The number of amides is 1. The van der Waals surface area contributed by atoms with Gasteiger partial charge in [-0.25, -0.2) is 9.59 Å². The van der Waals surface area contributed by atoms with Gasteiger partial charge in [0, 0.05) is 12.3 Å². The summed E-state index contributed by atoms with van der Waals surface area (Å²) >= 11 is 0.842. The highest BCUT2D eigenvalue weighted by Crippen LogP contribution is 2.24. The molecule has 2 aromatic heterocycles. The Labute approximate surface area is 121 Å². The Balaban J connectivity index is 2.18. The van der Waals surface area contributed by atoms with Crippen LogP contribution in [0.25, 0.3) is 0 Å². The third-order valence-electron chi connectivity index (χ3n) is 2.54. The lowest BCUT2D eigenvalue weighted by molar-refractivity contribution is -0.116. The van der Waals surface area contributed by atoms with Crippen molar-refractivity contribution in [3.8, 4) is 0 Å². The van der Waals surface area contributed by atoms with Crippen molar-refractivity contribution in [2.45, 2.75) is 13.5 Å². The molecule has 0 aliphatic heterocycles. The zero-order valence-electron chi connectivity index (χ0n) is 10.7. The molecule has 9 nitrogen and oxygen atoms in total. The van der Waals surface area contributed by atoms with Crippen molar-refractivity contribution >= 4 is 28.4 Å². The quantitative estimate of drug-likeness (QED) is 0.706. The van der Waals surface area contributed by atoms with E-state index < -0.39 is 23.1 Å². The monoisotopic (exact) mass is 310 g/mol. The molecule has 2 heterocycles. The molecule has 0 unspecified atom stereocenters. The first-order chi connectivity index (χ1) is 9.88. The van der Waals surface area contributed by atoms with Crippen molar-refractivity contribution < 1.29 is 14.7 Å². The Morgan fingerprint density at radius 1 is 1.48 bits per heavy atom. The minimum atomic E-state index is -1.20. The number of aromatic carboxylic acids is 1. The molecule has 0 aromatic carbocycles. The molecule has 0 fully saturated rings. The van der Waals surface area contributed by atoms with Crippen LogP contribution in [0.2, 0.25) is 0 Å². The molecule has 10 heteroatoms. The summed E-state index contributed by atoms with van der Waals surface area (Å²) in [5, 5.41) is 11.5. The zero-order valence-corrected chi connectivity index (χ0v) is 11.6. The largest absolute Gasteiger partial charge is 0.478 e. The van der Waals surface area contributed by atoms with Gasteiger partial charge in [-0.1, -0.05) is 0 Å². The van der Waals surface area contributed by atoms with E-state index in [4.69, 9.17) is 5.11 Å². The van der Waals surface area contributed by atoms with Gasteiger partial charge in [-0.2, -0.15) is 4.37 Å². The van der Waals surface area contributed by atoms with Crippen LogP contribution in [0.3, 0.4) is 0 Å². The van der Waals surface area contributed by atoms with Gasteiger partial charge in [-0.05, 0) is 18.5 Å². The second-order valence-electron chi connectivity index (χ2n) is 4.06. The van der Waals surface area contributed by atoms with Crippen molar-refractivity contribution in [2.75, 3.05) is 5.32 Å². The summed E-state index contributed by atoms with van der Waals surface area (Å²) in [4.78, 5) is 47.2. The number of rotatable bonds is 4. The summed E-state index contributed by atoms with van der Waals surface area (Å²) in [6.45, 7) is 1.16. The van der Waals surface area contributed by atoms with Gasteiger partial charge >= 0.3 is 11.7 Å². The van der Waals surface area contributed by atoms with Crippen LogP contribution >= 0.6 is 11.5 Å². The van der Waals surface area contributed by atoms with Crippen LogP contribution in [-0.4, -0.2) is 30.9 Å². The fourth-order valence-corrected chi connectivity index (χ4v) is 2.40. The highest BCUT2D eigenvalue weighted by molar-refractivity contribution is 7.11. The normalized spacial score (nSPS) is 10.3. The van der Waals surface area contributed by atoms with E-state index >= 15 is 0 Å². The molecule has 0 saturated carbocycles. The molecule has 3 N–H and O–H groups in total. The average Bonchev–Trinajstić information content (AvgIpc) is 2.74. The molecule has 0 bridgehead atoms. The minimum Gasteiger partial charge on any atom is -0.478 e. The summed E-state index contributed by atoms with van der Waals surface area (Å²) < 4.78 is 4.85. The number of carboxylic acids is 1. The molecule has 0 spiro atoms. The molecule has 110 valence electrons. The summed E-state index contributed by atoms with van der Waals surface area (Å²) in [6.07, 6.45) is 1.18. The molecular formula is C11H10N4O5S. The Morgan fingerprint density at radius 2 is 2.19 bits per heavy atom. The number of aromatic nitrogens is 3. The van der Waals surface area contributed by atoms with Gasteiger partial charge in [0.15, 0.2) is 0 Å². The van der Waals surface area contributed by atoms with E-state index in [2.05, 4.69) is 9.69 Å². The lowest BCUT2D eigenvalue weighted by Crippen LogP contribution is -2.32. The number of nitrogens with one attached hydrogen (secondary N) is 2. The number of hydrogen-bond acceptors (Lipinski definition) is 6. The molecule has 0 radical (unpaired) electrons. The second kappa shape index (κ2) is 5.71. The summed E-state index contributed by atoms with van der Waals surface area (Å²) in [6, 6.07) is 1.11. The predicted octanol–water partition coefficient (Wildman–Crippen LogP) is -0.362. The number of carboxylic acid groups (broad SMARTS) is 1. The van der Waals surface area contributed by atoms with E-state index in [9.17, 15) is 19.2 Å². The van der Waals surface area contributed by atoms with Crippen LogP contribution in [0, 0.1) is 6.92 Å². The lowest BCUT2D eigenvalue weighted by Gasteiger charge is -2.05. The Bertz CT molecular complexity index is 819. The maximum Gasteiger partial charge on any atom is 0.340 e. The fraction of sp³-hybridized carbons (Fsp3) is 0.182. The van der Waals surface area contributed by atoms with Crippen molar-refractivity contribution in [1.29, 1.82) is 0 Å². The van der Waals surface area contributed by atoms with Crippen LogP contribution in [0.4, 0.5) is 5.00 Å². The van der Waals surface area contributed by atoms with E-state index in [1.165, 1.54) is 13.1 Å². The van der Waals surface area contributed by atoms with E-state index in [0.717, 1.165) is 22.2 Å². The summed E-state index contributed by atoms with van der Waals surface area (Å²) in [5.41, 5.74) is -1.08. The Hall–Kier alpha value is -2.75. The standard InChI is InChI=1S/C11H10N4O5S/c1-5-8(10(18)19)9(21-14-5)12-7(17)4-15-3-2-6(16)13-11(15)20/h2-3H,4H2,1H3,(H,12,17)(H,18,19)(H,13,16,20). The van der Waals surface area contributed by atoms with Crippen molar-refractivity contribution in [3.63, 3.8) is 0 Å². The van der Waals surface area contributed by atoms with E-state index in [1.54, 1.807) is 0 Å². The molecule has 0 saturated heterocycles. The number of carbonyl (C=O) groups excluding carboxylic acids is 1. The van der Waals surface area contributed by atoms with Crippen LogP contribution in [-0.2, 0) is 11.3 Å². The smallest absolute Gasteiger partial charge is 0.340 e. The third kappa shape index (κ3) is 3.23. The first-order valence-electron chi connectivity index (χ1n) is 5.67. The van der Waals surface area contributed by atoms with E-state index in [0.29, 0.717) is 5.69 Å². The first-order valence-corrected chi connectivity index (χ1v) is 6.45. The molecule has 2 rings (SSSR count). The fourth-order valence-electron chi connectivity index (χ4n) is 1.60. The van der Waals surface area contributed by atoms with Crippen molar-refractivity contribution in [2.24, 2.45) is 0 Å². The zero-order chi connectivity index (χ0) is 15.6. The molecule has 0 aliphatic rings. The van der Waals surface area contributed by atoms with Gasteiger partial charge in [0.05, 0.1) is 5.69 Å². The highest BCUT2D eigenvalue weighted by atomic mass is 32.1. The molecule has 2 aromatic rings. The van der Waals surface area contributed by atoms with Crippen molar-refractivity contribution in [3.05, 3.63) is 44.4 Å². The topological polar surface area (TPSA) is 134 Å². The minimum absolute atomic E-state index is 0.0813. The number of hydrogen-bond donors (Lipinski definition) is 3. The van der Waals surface area contributed by atoms with Gasteiger partial charge in [0.2, 0.25) is 5.91 Å². The molecule has 0 atom stereocenters. The molecule has 21 heavy (non-hydrogen) atoms. The number of nitrogens with zero attached hydrogens (tertiary/aromatic N) is 2. The molecular weight excluding hydrogens is 300 g/mol. The number of H-pyrrole nitrogens is 1. The van der Waals surface area contributed by atoms with E-state index in [1.807, 2.05) is 4.98 Å². The Kier molecular flexibility index (Phi) is 3.98. The number of anilines is 1. The van der Waals surface area contributed by atoms with Crippen LogP contribution in [0.15, 0.2) is 21.9 Å². The van der Waals surface area contributed by atoms with Crippen LogP contribution < -0.4 is 16.6 Å². The first kappa shape index (κ1) is 14.7. The number of aryl methyl sites for hydroxylation is 1.